The van der Waals surface area contributed by atoms with Crippen LogP contribution in [0.25, 0.3) is 0 Å². The lowest BCUT2D eigenvalue weighted by molar-refractivity contribution is 0.0924. The molecule has 4 nitrogen and oxygen atoms in total. The largest absolute Gasteiger partial charge is 0.496 e. The highest BCUT2D eigenvalue weighted by Crippen LogP contribution is 2.30. The highest BCUT2D eigenvalue weighted by molar-refractivity contribution is 7.12. The second-order valence-electron chi connectivity index (χ2n) is 4.21. The number of nitrogens with zero attached hydrogens (tertiary/aromatic N) is 1. The zero-order chi connectivity index (χ0) is 12.3. The van der Waals surface area contributed by atoms with Crippen LogP contribution in [0.1, 0.15) is 35.4 Å². The van der Waals surface area contributed by atoms with Crippen LogP contribution >= 0.6 is 11.3 Å². The minimum absolute atomic E-state index is 0.179. The zero-order valence-corrected chi connectivity index (χ0v) is 10.5. The first-order valence-electron chi connectivity index (χ1n) is 5.55. The Balaban J connectivity index is 2.08. The molecule has 2 rings (SSSR count). The third kappa shape index (κ3) is 2.42. The lowest BCUT2D eigenvalue weighted by Crippen LogP contribution is -2.44. The SMILES string of the molecule is COc1csc(C(=O)NC2(C#N)CCCC2)c1. The van der Waals surface area contributed by atoms with Gasteiger partial charge in [-0.2, -0.15) is 5.26 Å². The van der Waals surface area contributed by atoms with Gasteiger partial charge in [0.25, 0.3) is 5.91 Å². The van der Waals surface area contributed by atoms with E-state index in [0.717, 1.165) is 25.7 Å². The smallest absolute Gasteiger partial charge is 0.262 e. The van der Waals surface area contributed by atoms with Crippen LogP contribution in [0.2, 0.25) is 0 Å². The Morgan fingerprint density at radius 1 is 1.59 bits per heavy atom. The maximum atomic E-state index is 12.0. The predicted octanol–water partition coefficient (Wildman–Crippen LogP) is 2.32. The Labute approximate surface area is 104 Å². The topological polar surface area (TPSA) is 62.1 Å². The lowest BCUT2D eigenvalue weighted by atomic mass is 10.00. The molecule has 1 amide bonds. The lowest BCUT2D eigenvalue weighted by Gasteiger charge is -2.21. The number of nitrogens with one attached hydrogen (secondary N) is 1. The summed E-state index contributed by atoms with van der Waals surface area (Å²) in [5.74, 6) is 0.499. The number of hydrogen-bond acceptors (Lipinski definition) is 4. The van der Waals surface area contributed by atoms with E-state index in [1.54, 1.807) is 18.6 Å². The van der Waals surface area contributed by atoms with Gasteiger partial charge in [-0.25, -0.2) is 0 Å². The third-order valence-electron chi connectivity index (χ3n) is 3.06. The molecular weight excluding hydrogens is 236 g/mol. The second kappa shape index (κ2) is 4.76. The summed E-state index contributed by atoms with van der Waals surface area (Å²) in [7, 11) is 1.57. The molecule has 0 atom stereocenters. The maximum Gasteiger partial charge on any atom is 0.262 e. The second-order valence-corrected chi connectivity index (χ2v) is 5.12. The standard InChI is InChI=1S/C12H14N2O2S/c1-16-9-6-10(17-7-9)11(15)14-12(8-13)4-2-3-5-12/h6-7H,2-5H2,1H3,(H,14,15). The van der Waals surface area contributed by atoms with Gasteiger partial charge in [-0.3, -0.25) is 4.79 Å². The fraction of sp³-hybridized carbons (Fsp3) is 0.500. The first-order valence-corrected chi connectivity index (χ1v) is 6.43. The monoisotopic (exact) mass is 250 g/mol. The van der Waals surface area contributed by atoms with Gasteiger partial charge in [0.1, 0.15) is 11.3 Å². The first kappa shape index (κ1) is 11.9. The van der Waals surface area contributed by atoms with Crippen LogP contribution in [-0.4, -0.2) is 18.6 Å². The summed E-state index contributed by atoms with van der Waals surface area (Å²) in [6, 6.07) is 3.93. The average molecular weight is 250 g/mol. The molecule has 1 aromatic rings. The molecule has 1 heterocycles. The van der Waals surface area contributed by atoms with Crippen molar-refractivity contribution < 1.29 is 9.53 Å². The van der Waals surface area contributed by atoms with Crippen LogP contribution in [0, 0.1) is 11.3 Å². The Hall–Kier alpha value is -1.54. The van der Waals surface area contributed by atoms with Crippen molar-refractivity contribution in [2.75, 3.05) is 7.11 Å². The molecule has 1 aromatic heterocycles. The number of amides is 1. The van der Waals surface area contributed by atoms with E-state index < -0.39 is 5.54 Å². The highest BCUT2D eigenvalue weighted by Gasteiger charge is 2.35. The van der Waals surface area contributed by atoms with Gasteiger partial charge in [0.05, 0.1) is 18.1 Å². The fourth-order valence-corrected chi connectivity index (χ4v) is 2.82. The zero-order valence-electron chi connectivity index (χ0n) is 9.66. The number of thiophene rings is 1. The summed E-state index contributed by atoms with van der Waals surface area (Å²) < 4.78 is 5.03. The van der Waals surface area contributed by atoms with Crippen LogP contribution in [-0.2, 0) is 0 Å². The quantitative estimate of drug-likeness (QED) is 0.895. The van der Waals surface area contributed by atoms with Crippen molar-refractivity contribution >= 4 is 17.2 Å². The molecule has 0 spiro atoms. The van der Waals surface area contributed by atoms with Crippen molar-refractivity contribution in [2.45, 2.75) is 31.2 Å². The van der Waals surface area contributed by atoms with Crippen LogP contribution in [0.3, 0.4) is 0 Å². The van der Waals surface area contributed by atoms with E-state index in [1.807, 2.05) is 0 Å². The van der Waals surface area contributed by atoms with Crippen LogP contribution < -0.4 is 10.1 Å². The molecular formula is C12H14N2O2S. The molecule has 0 saturated heterocycles. The maximum absolute atomic E-state index is 12.0. The Morgan fingerprint density at radius 2 is 2.29 bits per heavy atom. The molecule has 0 aliphatic heterocycles. The van der Waals surface area contributed by atoms with Gasteiger partial charge in [0.15, 0.2) is 0 Å². The number of rotatable bonds is 3. The molecule has 1 saturated carbocycles. The summed E-state index contributed by atoms with van der Waals surface area (Å²) in [4.78, 5) is 12.6. The van der Waals surface area contributed by atoms with Gasteiger partial charge < -0.3 is 10.1 Å². The Kier molecular flexibility index (Phi) is 3.34. The molecule has 1 N–H and O–H groups in total. The van der Waals surface area contributed by atoms with Crippen LogP contribution in [0.4, 0.5) is 0 Å². The molecule has 5 heteroatoms. The summed E-state index contributed by atoms with van der Waals surface area (Å²) >= 11 is 1.33. The van der Waals surface area contributed by atoms with Gasteiger partial charge in [-0.1, -0.05) is 0 Å². The van der Waals surface area contributed by atoms with Crippen molar-refractivity contribution in [2.24, 2.45) is 0 Å². The summed E-state index contributed by atoms with van der Waals surface area (Å²) in [5.41, 5.74) is -0.658. The van der Waals surface area contributed by atoms with Crippen molar-refractivity contribution in [3.8, 4) is 11.8 Å². The summed E-state index contributed by atoms with van der Waals surface area (Å²) in [6.07, 6.45) is 3.50. The van der Waals surface area contributed by atoms with E-state index >= 15 is 0 Å². The minimum Gasteiger partial charge on any atom is -0.496 e. The molecule has 0 aromatic carbocycles. The number of carbonyl (C=O) groups excluding carboxylic acids is 1. The highest BCUT2D eigenvalue weighted by atomic mass is 32.1. The molecule has 1 aliphatic carbocycles. The van der Waals surface area contributed by atoms with E-state index in [1.165, 1.54) is 11.3 Å². The van der Waals surface area contributed by atoms with E-state index in [2.05, 4.69) is 11.4 Å². The molecule has 90 valence electrons. The average Bonchev–Trinajstić information content (AvgIpc) is 2.97. The van der Waals surface area contributed by atoms with E-state index in [0.29, 0.717) is 10.6 Å². The Bertz CT molecular complexity index is 455. The molecule has 1 aliphatic rings. The molecule has 0 radical (unpaired) electrons. The van der Waals surface area contributed by atoms with Gasteiger partial charge in [0.2, 0.25) is 0 Å². The van der Waals surface area contributed by atoms with Crippen molar-refractivity contribution in [1.82, 2.24) is 5.32 Å². The summed E-state index contributed by atoms with van der Waals surface area (Å²) in [5, 5.41) is 13.8. The Morgan fingerprint density at radius 3 is 2.82 bits per heavy atom. The molecule has 0 unspecified atom stereocenters. The first-order chi connectivity index (χ1) is 8.19. The third-order valence-corrected chi connectivity index (χ3v) is 3.97. The number of hydrogen-bond donors (Lipinski definition) is 1. The number of carbonyl (C=O) groups is 1. The fourth-order valence-electron chi connectivity index (χ4n) is 2.07. The van der Waals surface area contributed by atoms with Crippen molar-refractivity contribution in [3.05, 3.63) is 16.3 Å². The summed E-state index contributed by atoms with van der Waals surface area (Å²) in [6.45, 7) is 0. The van der Waals surface area contributed by atoms with Gasteiger partial charge in [0, 0.05) is 11.4 Å². The van der Waals surface area contributed by atoms with E-state index in [9.17, 15) is 10.1 Å². The molecule has 0 bridgehead atoms. The van der Waals surface area contributed by atoms with E-state index in [4.69, 9.17) is 4.74 Å². The molecule has 1 fully saturated rings. The van der Waals surface area contributed by atoms with Gasteiger partial charge in [-0.05, 0) is 25.7 Å². The van der Waals surface area contributed by atoms with Gasteiger partial charge >= 0.3 is 0 Å². The number of methoxy groups -OCH3 is 1. The van der Waals surface area contributed by atoms with Gasteiger partial charge in [-0.15, -0.1) is 11.3 Å². The van der Waals surface area contributed by atoms with Crippen LogP contribution in [0.5, 0.6) is 5.75 Å². The van der Waals surface area contributed by atoms with Crippen molar-refractivity contribution in [1.29, 1.82) is 5.26 Å². The predicted molar refractivity (Wildman–Crippen MR) is 65.1 cm³/mol. The van der Waals surface area contributed by atoms with Crippen LogP contribution in [0.15, 0.2) is 11.4 Å². The normalized spacial score (nSPS) is 17.4. The molecule has 17 heavy (non-hydrogen) atoms. The van der Waals surface area contributed by atoms with Crippen molar-refractivity contribution in [3.63, 3.8) is 0 Å². The van der Waals surface area contributed by atoms with E-state index in [-0.39, 0.29) is 5.91 Å². The minimum atomic E-state index is -0.658. The number of ether oxygens (including phenoxy) is 1. The number of nitriles is 1.